The summed E-state index contributed by atoms with van der Waals surface area (Å²) in [6, 6.07) is 3.94. The van der Waals surface area contributed by atoms with Gasteiger partial charge < -0.3 is 10.6 Å². The van der Waals surface area contributed by atoms with Crippen LogP contribution in [0.2, 0.25) is 0 Å². The van der Waals surface area contributed by atoms with Gasteiger partial charge in [-0.25, -0.2) is 8.78 Å². The minimum Gasteiger partial charge on any atom is -0.369 e. The summed E-state index contributed by atoms with van der Waals surface area (Å²) < 4.78 is 26.0. The summed E-state index contributed by atoms with van der Waals surface area (Å²) in [5.41, 5.74) is 5.76. The van der Waals surface area contributed by atoms with Crippen LogP contribution < -0.4 is 5.73 Å². The average Bonchev–Trinajstić information content (AvgIpc) is 2.43. The van der Waals surface area contributed by atoms with Crippen LogP contribution in [-0.2, 0) is 16.0 Å². The van der Waals surface area contributed by atoms with E-state index in [-0.39, 0.29) is 12.3 Å². The molecule has 0 spiro atoms. The Balaban J connectivity index is 1.85. The van der Waals surface area contributed by atoms with E-state index < -0.39 is 17.5 Å². The van der Waals surface area contributed by atoms with E-state index in [1.54, 1.807) is 11.0 Å². The van der Waals surface area contributed by atoms with Crippen molar-refractivity contribution in [3.05, 3.63) is 35.4 Å². The van der Waals surface area contributed by atoms with Gasteiger partial charge in [0.2, 0.25) is 11.8 Å². The molecule has 1 aliphatic heterocycles. The van der Waals surface area contributed by atoms with Crippen LogP contribution in [-0.4, -0.2) is 29.8 Å². The van der Waals surface area contributed by atoms with Crippen LogP contribution in [0.25, 0.3) is 0 Å². The van der Waals surface area contributed by atoms with Crippen molar-refractivity contribution < 1.29 is 18.4 Å². The van der Waals surface area contributed by atoms with Gasteiger partial charge in [-0.1, -0.05) is 6.07 Å². The summed E-state index contributed by atoms with van der Waals surface area (Å²) in [4.78, 5) is 24.0. The first kappa shape index (κ1) is 15.4. The Morgan fingerprint density at radius 1 is 1.19 bits per heavy atom. The molecule has 21 heavy (non-hydrogen) atoms. The van der Waals surface area contributed by atoms with Gasteiger partial charge in [0, 0.05) is 13.1 Å². The topological polar surface area (TPSA) is 63.4 Å². The number of carbonyl (C=O) groups is 2. The van der Waals surface area contributed by atoms with Crippen LogP contribution in [0, 0.1) is 17.6 Å². The van der Waals surface area contributed by atoms with E-state index in [9.17, 15) is 18.4 Å². The quantitative estimate of drug-likeness (QED) is 0.858. The SMILES string of the molecule is NC(=O)CC(=O)N1CCC(Cc2ccc(F)c(F)c2)CC1. The lowest BCUT2D eigenvalue weighted by atomic mass is 9.90. The van der Waals surface area contributed by atoms with Crippen LogP contribution in [0.3, 0.4) is 0 Å². The molecule has 1 aromatic carbocycles. The molecule has 0 bridgehead atoms. The Bertz CT molecular complexity index is 540. The molecule has 0 aromatic heterocycles. The zero-order valence-electron chi connectivity index (χ0n) is 11.6. The molecule has 0 saturated carbocycles. The third-order valence-electron chi connectivity index (χ3n) is 3.80. The summed E-state index contributed by atoms with van der Waals surface area (Å²) in [7, 11) is 0. The van der Waals surface area contributed by atoms with Crippen molar-refractivity contribution >= 4 is 11.8 Å². The van der Waals surface area contributed by atoms with E-state index in [1.807, 2.05) is 0 Å². The summed E-state index contributed by atoms with van der Waals surface area (Å²) in [6.45, 7) is 1.14. The molecule has 2 rings (SSSR count). The molecule has 1 fully saturated rings. The number of carbonyl (C=O) groups excluding carboxylic acids is 2. The molecule has 2 N–H and O–H groups in total. The maximum absolute atomic E-state index is 13.2. The van der Waals surface area contributed by atoms with Crippen LogP contribution in [0.5, 0.6) is 0 Å². The maximum Gasteiger partial charge on any atom is 0.231 e. The Morgan fingerprint density at radius 3 is 2.43 bits per heavy atom. The van der Waals surface area contributed by atoms with Crippen LogP contribution in [0.4, 0.5) is 8.78 Å². The molecule has 0 unspecified atom stereocenters. The van der Waals surface area contributed by atoms with Gasteiger partial charge in [0.25, 0.3) is 0 Å². The maximum atomic E-state index is 13.2. The first-order valence-electron chi connectivity index (χ1n) is 6.95. The summed E-state index contributed by atoms with van der Waals surface area (Å²) in [5, 5.41) is 0. The lowest BCUT2D eigenvalue weighted by molar-refractivity contribution is -0.136. The van der Waals surface area contributed by atoms with Crippen LogP contribution >= 0.6 is 0 Å². The van der Waals surface area contributed by atoms with E-state index in [4.69, 9.17) is 5.73 Å². The predicted octanol–water partition coefficient (Wildman–Crippen LogP) is 1.62. The van der Waals surface area contributed by atoms with Crippen LogP contribution in [0.1, 0.15) is 24.8 Å². The Kier molecular flexibility index (Phi) is 4.88. The molecule has 1 heterocycles. The van der Waals surface area contributed by atoms with Crippen molar-refractivity contribution in [2.45, 2.75) is 25.7 Å². The molecule has 0 atom stereocenters. The Labute approximate surface area is 121 Å². The second-order valence-electron chi connectivity index (χ2n) is 5.42. The van der Waals surface area contributed by atoms with E-state index in [1.165, 1.54) is 6.07 Å². The number of piperidine rings is 1. The molecule has 0 radical (unpaired) electrons. The molecule has 114 valence electrons. The predicted molar refractivity (Wildman–Crippen MR) is 73.2 cm³/mol. The standard InChI is InChI=1S/C15H18F2N2O2/c16-12-2-1-11(8-13(12)17)7-10-3-5-19(6-4-10)15(21)9-14(18)20/h1-2,8,10H,3-7,9H2,(H2,18,20). The van der Waals surface area contributed by atoms with Crippen molar-refractivity contribution in [3.63, 3.8) is 0 Å². The van der Waals surface area contributed by atoms with Gasteiger partial charge in [-0.05, 0) is 42.9 Å². The summed E-state index contributed by atoms with van der Waals surface area (Å²) in [6.07, 6.45) is 1.97. The molecule has 2 amide bonds. The molecular formula is C15H18F2N2O2. The number of nitrogens with two attached hydrogens (primary N) is 1. The normalized spacial score (nSPS) is 16.0. The fraction of sp³-hybridized carbons (Fsp3) is 0.467. The van der Waals surface area contributed by atoms with Crippen molar-refractivity contribution in [2.75, 3.05) is 13.1 Å². The number of nitrogens with zero attached hydrogens (tertiary/aromatic N) is 1. The van der Waals surface area contributed by atoms with Gasteiger partial charge in [0.1, 0.15) is 6.42 Å². The highest BCUT2D eigenvalue weighted by Crippen LogP contribution is 2.23. The largest absolute Gasteiger partial charge is 0.369 e. The molecule has 1 aromatic rings. The summed E-state index contributed by atoms with van der Waals surface area (Å²) >= 11 is 0. The third kappa shape index (κ3) is 4.24. The van der Waals surface area contributed by atoms with Gasteiger partial charge in [0.15, 0.2) is 11.6 Å². The Morgan fingerprint density at radius 2 is 1.86 bits per heavy atom. The minimum absolute atomic E-state index is 0.242. The third-order valence-corrected chi connectivity index (χ3v) is 3.80. The first-order chi connectivity index (χ1) is 9.95. The number of likely N-dealkylation sites (tertiary alicyclic amines) is 1. The van der Waals surface area contributed by atoms with Crippen molar-refractivity contribution in [3.8, 4) is 0 Å². The Hall–Kier alpha value is -1.98. The highest BCUT2D eigenvalue weighted by molar-refractivity contribution is 5.96. The molecule has 4 nitrogen and oxygen atoms in total. The smallest absolute Gasteiger partial charge is 0.231 e. The van der Waals surface area contributed by atoms with Crippen molar-refractivity contribution in [2.24, 2.45) is 11.7 Å². The lowest BCUT2D eigenvalue weighted by Crippen LogP contribution is -2.40. The number of benzene rings is 1. The monoisotopic (exact) mass is 296 g/mol. The van der Waals surface area contributed by atoms with Crippen molar-refractivity contribution in [1.29, 1.82) is 0 Å². The average molecular weight is 296 g/mol. The molecule has 6 heteroatoms. The van der Waals surface area contributed by atoms with Gasteiger partial charge in [-0.3, -0.25) is 9.59 Å². The van der Waals surface area contributed by atoms with Crippen molar-refractivity contribution in [1.82, 2.24) is 4.90 Å². The number of halogens is 2. The number of hydrogen-bond donors (Lipinski definition) is 1. The van der Waals surface area contributed by atoms with E-state index in [2.05, 4.69) is 0 Å². The molecular weight excluding hydrogens is 278 g/mol. The van der Waals surface area contributed by atoms with E-state index in [0.29, 0.717) is 25.4 Å². The fourth-order valence-electron chi connectivity index (χ4n) is 2.65. The second-order valence-corrected chi connectivity index (χ2v) is 5.42. The molecule has 0 aliphatic carbocycles. The zero-order chi connectivity index (χ0) is 15.4. The zero-order valence-corrected chi connectivity index (χ0v) is 11.6. The van der Waals surface area contributed by atoms with Gasteiger partial charge in [-0.15, -0.1) is 0 Å². The van der Waals surface area contributed by atoms with E-state index in [0.717, 1.165) is 24.5 Å². The van der Waals surface area contributed by atoms with Crippen LogP contribution in [0.15, 0.2) is 18.2 Å². The summed E-state index contributed by atoms with van der Waals surface area (Å²) in [5.74, 6) is -2.21. The highest BCUT2D eigenvalue weighted by Gasteiger charge is 2.23. The van der Waals surface area contributed by atoms with Gasteiger partial charge in [-0.2, -0.15) is 0 Å². The van der Waals surface area contributed by atoms with Gasteiger partial charge in [0.05, 0.1) is 0 Å². The molecule has 1 aliphatic rings. The first-order valence-corrected chi connectivity index (χ1v) is 6.95. The fourth-order valence-corrected chi connectivity index (χ4v) is 2.65. The molecule has 1 saturated heterocycles. The van der Waals surface area contributed by atoms with E-state index >= 15 is 0 Å². The van der Waals surface area contributed by atoms with Gasteiger partial charge >= 0.3 is 0 Å². The number of rotatable bonds is 4. The number of hydrogen-bond acceptors (Lipinski definition) is 2. The highest BCUT2D eigenvalue weighted by atomic mass is 19.2. The minimum atomic E-state index is -0.842. The number of primary amides is 1. The second kappa shape index (κ2) is 6.65. The lowest BCUT2D eigenvalue weighted by Gasteiger charge is -2.32. The number of amides is 2.